The average Bonchev–Trinajstić information content (AvgIpc) is 2.43. The Bertz CT molecular complexity index is 655. The monoisotopic (exact) mass is 267 g/mol. The maximum atomic E-state index is 9.95. The van der Waals surface area contributed by atoms with E-state index in [0.29, 0.717) is 11.1 Å². The van der Waals surface area contributed by atoms with E-state index in [0.717, 1.165) is 11.3 Å². The number of phenols is 2. The number of benzene rings is 1. The van der Waals surface area contributed by atoms with Crippen LogP contribution in [0.5, 0.6) is 11.5 Å². The molecule has 0 spiro atoms. The van der Waals surface area contributed by atoms with E-state index in [1.807, 2.05) is 26.0 Å². The van der Waals surface area contributed by atoms with E-state index in [4.69, 9.17) is 0 Å². The summed E-state index contributed by atoms with van der Waals surface area (Å²) in [5.74, 6) is 0.261. The van der Waals surface area contributed by atoms with Gasteiger partial charge in [0, 0.05) is 17.3 Å². The Morgan fingerprint density at radius 2 is 1.60 bits per heavy atom. The van der Waals surface area contributed by atoms with Crippen molar-refractivity contribution in [3.05, 3.63) is 58.9 Å². The minimum absolute atomic E-state index is 0.124. The molecule has 1 aromatic carbocycles. The first-order valence-electron chi connectivity index (χ1n) is 6.39. The second-order valence-corrected chi connectivity index (χ2v) is 4.56. The van der Waals surface area contributed by atoms with Crippen molar-refractivity contribution in [1.29, 1.82) is 0 Å². The first-order chi connectivity index (χ1) is 9.60. The molecule has 0 atom stereocenters. The van der Waals surface area contributed by atoms with E-state index >= 15 is 0 Å². The summed E-state index contributed by atoms with van der Waals surface area (Å²) in [4.78, 5) is 4.25. The summed E-state index contributed by atoms with van der Waals surface area (Å²) in [6, 6.07) is 6.95. The van der Waals surface area contributed by atoms with Crippen LogP contribution >= 0.6 is 0 Å². The zero-order valence-electron chi connectivity index (χ0n) is 11.5. The van der Waals surface area contributed by atoms with Crippen LogP contribution in [0.1, 0.15) is 29.3 Å². The number of pyridine rings is 1. The molecule has 0 fully saturated rings. The second kappa shape index (κ2) is 6.06. The number of hydrogen-bond donors (Lipinski definition) is 2. The number of nitrogens with zero attached hydrogens (tertiary/aromatic N) is 1. The molecule has 0 saturated heterocycles. The van der Waals surface area contributed by atoms with Crippen molar-refractivity contribution in [2.24, 2.45) is 0 Å². The fourth-order valence-corrected chi connectivity index (χ4v) is 1.81. The smallest absolute Gasteiger partial charge is 0.123 e. The molecule has 1 heterocycles. The topological polar surface area (TPSA) is 53.4 Å². The highest BCUT2D eigenvalue weighted by atomic mass is 16.3. The van der Waals surface area contributed by atoms with Crippen LogP contribution < -0.4 is 0 Å². The van der Waals surface area contributed by atoms with Crippen molar-refractivity contribution in [2.45, 2.75) is 13.8 Å². The molecule has 0 amide bonds. The molecule has 2 aromatic rings. The summed E-state index contributed by atoms with van der Waals surface area (Å²) < 4.78 is 0. The molecular weight excluding hydrogens is 250 g/mol. The van der Waals surface area contributed by atoms with Crippen LogP contribution in [0.2, 0.25) is 0 Å². The summed E-state index contributed by atoms with van der Waals surface area (Å²) in [7, 11) is 0. The third kappa shape index (κ3) is 3.26. The quantitative estimate of drug-likeness (QED) is 0.826. The van der Waals surface area contributed by atoms with Crippen molar-refractivity contribution in [1.82, 2.24) is 4.98 Å². The molecular formula is C17H17NO2. The first-order valence-corrected chi connectivity index (χ1v) is 6.39. The van der Waals surface area contributed by atoms with Gasteiger partial charge in [0.05, 0.1) is 5.69 Å². The molecule has 2 rings (SSSR count). The van der Waals surface area contributed by atoms with Crippen molar-refractivity contribution in [3.63, 3.8) is 0 Å². The van der Waals surface area contributed by atoms with Gasteiger partial charge in [-0.15, -0.1) is 0 Å². The van der Waals surface area contributed by atoms with Crippen molar-refractivity contribution >= 4 is 18.2 Å². The van der Waals surface area contributed by atoms with Crippen molar-refractivity contribution in [2.75, 3.05) is 0 Å². The van der Waals surface area contributed by atoms with Gasteiger partial charge in [0.15, 0.2) is 0 Å². The number of rotatable bonds is 3. The summed E-state index contributed by atoms with van der Waals surface area (Å²) >= 11 is 0. The normalized spacial score (nSPS) is 11.5. The van der Waals surface area contributed by atoms with Crippen LogP contribution in [0.25, 0.3) is 18.2 Å². The van der Waals surface area contributed by atoms with Crippen molar-refractivity contribution in [3.8, 4) is 11.5 Å². The number of aromatic hydroxyl groups is 2. The minimum atomic E-state index is 0.124. The largest absolute Gasteiger partial charge is 0.507 e. The number of aryl methyl sites for hydroxylation is 1. The lowest BCUT2D eigenvalue weighted by Crippen LogP contribution is -1.82. The van der Waals surface area contributed by atoms with Gasteiger partial charge < -0.3 is 10.2 Å². The van der Waals surface area contributed by atoms with E-state index in [9.17, 15) is 10.2 Å². The first kappa shape index (κ1) is 13.9. The third-order valence-corrected chi connectivity index (χ3v) is 2.89. The van der Waals surface area contributed by atoms with Gasteiger partial charge in [-0.05, 0) is 49.8 Å². The van der Waals surface area contributed by atoms with Gasteiger partial charge in [0.2, 0.25) is 0 Å². The fourth-order valence-electron chi connectivity index (χ4n) is 1.81. The van der Waals surface area contributed by atoms with Crippen LogP contribution in [-0.2, 0) is 0 Å². The van der Waals surface area contributed by atoms with Crippen LogP contribution in [0.3, 0.4) is 0 Å². The highest BCUT2D eigenvalue weighted by molar-refractivity contribution is 5.74. The van der Waals surface area contributed by atoms with Gasteiger partial charge in [-0.2, -0.15) is 0 Å². The third-order valence-electron chi connectivity index (χ3n) is 2.89. The number of aromatic nitrogens is 1. The maximum Gasteiger partial charge on any atom is 0.123 e. The molecule has 1 aromatic heterocycles. The summed E-state index contributed by atoms with van der Waals surface area (Å²) in [5, 5.41) is 19.8. The van der Waals surface area contributed by atoms with Crippen LogP contribution in [-0.4, -0.2) is 15.2 Å². The Hall–Kier alpha value is -2.55. The van der Waals surface area contributed by atoms with Gasteiger partial charge in [-0.1, -0.05) is 18.2 Å². The molecule has 3 heteroatoms. The van der Waals surface area contributed by atoms with Gasteiger partial charge in [-0.25, -0.2) is 0 Å². The standard InChI is InChI=1S/C17H17NO2/c1-3-4-13-9-17(20)14(10-16(13)19)6-8-15-7-5-12(2)11-18-15/h3-11,19-20H,1-2H3/b4-3+,8-6+. The minimum Gasteiger partial charge on any atom is -0.507 e. The molecule has 2 N–H and O–H groups in total. The number of hydrogen-bond acceptors (Lipinski definition) is 3. The highest BCUT2D eigenvalue weighted by Crippen LogP contribution is 2.29. The Labute approximate surface area is 118 Å². The predicted molar refractivity (Wildman–Crippen MR) is 82.4 cm³/mol. The van der Waals surface area contributed by atoms with Crippen LogP contribution in [0.4, 0.5) is 0 Å². The average molecular weight is 267 g/mol. The zero-order valence-corrected chi connectivity index (χ0v) is 11.5. The molecule has 0 saturated carbocycles. The number of phenolic OH excluding ortho intramolecular Hbond substituents is 2. The molecule has 0 unspecified atom stereocenters. The summed E-state index contributed by atoms with van der Waals surface area (Å²) in [6.45, 7) is 3.83. The van der Waals surface area contributed by atoms with Gasteiger partial charge in [0.25, 0.3) is 0 Å². The van der Waals surface area contributed by atoms with E-state index < -0.39 is 0 Å². The summed E-state index contributed by atoms with van der Waals surface area (Å²) in [5.41, 5.74) is 3.04. The zero-order chi connectivity index (χ0) is 14.5. The van der Waals surface area contributed by atoms with E-state index in [-0.39, 0.29) is 11.5 Å². The molecule has 102 valence electrons. The predicted octanol–water partition coefficient (Wildman–Crippen LogP) is 4.00. The van der Waals surface area contributed by atoms with Crippen molar-refractivity contribution < 1.29 is 10.2 Å². The molecule has 0 bridgehead atoms. The summed E-state index contributed by atoms with van der Waals surface area (Å²) in [6.07, 6.45) is 8.85. The number of allylic oxidation sites excluding steroid dienone is 1. The Morgan fingerprint density at radius 1 is 0.950 bits per heavy atom. The fraction of sp³-hybridized carbons (Fsp3) is 0.118. The van der Waals surface area contributed by atoms with Gasteiger partial charge >= 0.3 is 0 Å². The van der Waals surface area contributed by atoms with E-state index in [2.05, 4.69) is 4.98 Å². The Kier molecular flexibility index (Phi) is 4.20. The lowest BCUT2D eigenvalue weighted by molar-refractivity contribution is 0.458. The van der Waals surface area contributed by atoms with E-state index in [1.165, 1.54) is 12.1 Å². The Balaban J connectivity index is 2.29. The van der Waals surface area contributed by atoms with Crippen LogP contribution in [0, 0.1) is 6.92 Å². The highest BCUT2D eigenvalue weighted by Gasteiger charge is 2.04. The van der Waals surface area contributed by atoms with E-state index in [1.54, 1.807) is 30.5 Å². The molecule has 0 aliphatic heterocycles. The molecule has 0 radical (unpaired) electrons. The van der Waals surface area contributed by atoms with Crippen LogP contribution in [0.15, 0.2) is 36.5 Å². The molecule has 0 aliphatic rings. The van der Waals surface area contributed by atoms with Gasteiger partial charge in [-0.3, -0.25) is 4.98 Å². The van der Waals surface area contributed by atoms with Gasteiger partial charge in [0.1, 0.15) is 11.5 Å². The SMILES string of the molecule is C/C=C/c1cc(O)c(/C=C/c2ccc(C)cn2)cc1O. The lowest BCUT2D eigenvalue weighted by atomic mass is 10.1. The maximum absolute atomic E-state index is 9.95. The molecule has 0 aliphatic carbocycles. The Morgan fingerprint density at radius 3 is 2.15 bits per heavy atom. The second-order valence-electron chi connectivity index (χ2n) is 4.56. The lowest BCUT2D eigenvalue weighted by Gasteiger charge is -2.04. The molecule has 3 nitrogen and oxygen atoms in total. The molecule has 20 heavy (non-hydrogen) atoms.